The molecule has 0 saturated carbocycles. The molecule has 0 N–H and O–H groups in total. The summed E-state index contributed by atoms with van der Waals surface area (Å²) in [5.41, 5.74) is 3.38. The molecule has 2 aromatic carbocycles. The van der Waals surface area contributed by atoms with Crippen molar-refractivity contribution >= 4 is 50.3 Å². The van der Waals surface area contributed by atoms with Gasteiger partial charge in [0.25, 0.3) is 0 Å². The van der Waals surface area contributed by atoms with Crippen molar-refractivity contribution in [1.82, 2.24) is 9.55 Å². The number of aromatic nitrogens is 2. The van der Waals surface area contributed by atoms with Crippen LogP contribution in [-0.2, 0) is 0 Å². The zero-order valence-electron chi connectivity index (χ0n) is 11.3. The first-order valence-electron chi connectivity index (χ1n) is 6.65. The summed E-state index contributed by atoms with van der Waals surface area (Å²) in [5.74, 6) is -0.0173. The van der Waals surface area contributed by atoms with Crippen LogP contribution in [0.2, 0.25) is 5.02 Å². The molecule has 2 heterocycles. The van der Waals surface area contributed by atoms with Gasteiger partial charge in [-0.3, -0.25) is 9.36 Å². The Bertz CT molecular complexity index is 1030. The third-order valence-corrected chi connectivity index (χ3v) is 3.95. The number of benzene rings is 2. The highest BCUT2D eigenvalue weighted by atomic mass is 35.5. The van der Waals surface area contributed by atoms with Crippen LogP contribution in [0, 0.1) is 0 Å². The first-order chi connectivity index (χ1) is 10.1. The molecule has 0 radical (unpaired) electrons. The van der Waals surface area contributed by atoms with Crippen LogP contribution < -0.4 is 0 Å². The van der Waals surface area contributed by atoms with Gasteiger partial charge in [0, 0.05) is 22.7 Å². The van der Waals surface area contributed by atoms with E-state index in [1.54, 1.807) is 11.5 Å². The summed E-state index contributed by atoms with van der Waals surface area (Å²) in [6.45, 7) is 1.57. The number of carbonyl (C=O) groups excluding carboxylic acids is 1. The van der Waals surface area contributed by atoms with E-state index in [0.717, 1.165) is 32.8 Å². The van der Waals surface area contributed by atoms with Crippen LogP contribution in [0.3, 0.4) is 0 Å². The molecule has 0 aliphatic rings. The van der Waals surface area contributed by atoms with Gasteiger partial charge in [0.1, 0.15) is 0 Å². The predicted molar refractivity (Wildman–Crippen MR) is 86.1 cm³/mol. The van der Waals surface area contributed by atoms with Gasteiger partial charge < -0.3 is 0 Å². The topological polar surface area (TPSA) is 34.9 Å². The lowest BCUT2D eigenvalue weighted by Gasteiger charge is -2.02. The first kappa shape index (κ1) is 12.4. The minimum absolute atomic E-state index is 0.0173. The van der Waals surface area contributed by atoms with Crippen molar-refractivity contribution in [3.63, 3.8) is 0 Å². The summed E-state index contributed by atoms with van der Waals surface area (Å²) in [4.78, 5) is 16.8. The Labute approximate surface area is 125 Å². The zero-order valence-corrected chi connectivity index (χ0v) is 12.1. The van der Waals surface area contributed by atoms with Crippen molar-refractivity contribution in [2.45, 2.75) is 6.92 Å². The van der Waals surface area contributed by atoms with Gasteiger partial charge in [-0.25, -0.2) is 4.98 Å². The van der Waals surface area contributed by atoms with E-state index in [1.807, 2.05) is 48.5 Å². The van der Waals surface area contributed by atoms with Gasteiger partial charge in [0.05, 0.1) is 22.1 Å². The first-order valence-corrected chi connectivity index (χ1v) is 7.03. The van der Waals surface area contributed by atoms with Gasteiger partial charge in [-0.2, -0.15) is 0 Å². The van der Waals surface area contributed by atoms with E-state index < -0.39 is 0 Å². The number of hydrogen-bond donors (Lipinski definition) is 0. The maximum atomic E-state index is 12.0. The van der Waals surface area contributed by atoms with E-state index in [0.29, 0.717) is 5.02 Å². The maximum Gasteiger partial charge on any atom is 0.228 e. The quantitative estimate of drug-likeness (QED) is 0.473. The minimum Gasteiger partial charge on any atom is -0.278 e. The molecule has 0 spiro atoms. The normalized spacial score (nSPS) is 11.5. The monoisotopic (exact) mass is 294 g/mol. The lowest BCUT2D eigenvalue weighted by molar-refractivity contribution is 0.0946. The molecule has 2 aromatic heterocycles. The van der Waals surface area contributed by atoms with E-state index in [-0.39, 0.29) is 5.91 Å². The van der Waals surface area contributed by atoms with Crippen LogP contribution in [0.25, 0.3) is 32.8 Å². The molecule has 0 bridgehead atoms. The number of nitrogens with zero attached hydrogens (tertiary/aromatic N) is 2. The third-order valence-electron chi connectivity index (χ3n) is 3.72. The molecule has 4 rings (SSSR count). The number of rotatable bonds is 0. The standard InChI is InChI=1S/C17H11ClN2O/c1-10(21)20-15-5-3-2-4-13(15)17-16(20)8-11-6-7-12(18)9-14(11)19-17/h2-9H,1H3. The molecule has 0 saturated heterocycles. The number of halogens is 1. The summed E-state index contributed by atoms with van der Waals surface area (Å²) >= 11 is 6.04. The zero-order chi connectivity index (χ0) is 14.6. The second kappa shape index (κ2) is 4.30. The molecule has 4 aromatic rings. The van der Waals surface area contributed by atoms with Crippen LogP contribution in [-0.4, -0.2) is 15.5 Å². The van der Waals surface area contributed by atoms with Crippen LogP contribution >= 0.6 is 11.6 Å². The summed E-state index contributed by atoms with van der Waals surface area (Å²) in [7, 11) is 0. The second-order valence-corrected chi connectivity index (χ2v) is 5.50. The molecule has 21 heavy (non-hydrogen) atoms. The van der Waals surface area contributed by atoms with Crippen LogP contribution in [0.1, 0.15) is 11.7 Å². The van der Waals surface area contributed by atoms with E-state index >= 15 is 0 Å². The molecule has 0 unspecified atom stereocenters. The molecule has 0 aliphatic heterocycles. The largest absolute Gasteiger partial charge is 0.278 e. The molecular formula is C17H11ClN2O. The highest BCUT2D eigenvalue weighted by Gasteiger charge is 2.15. The van der Waals surface area contributed by atoms with Crippen molar-refractivity contribution in [2.24, 2.45) is 0 Å². The van der Waals surface area contributed by atoms with Crippen molar-refractivity contribution in [1.29, 1.82) is 0 Å². The summed E-state index contributed by atoms with van der Waals surface area (Å²) in [6.07, 6.45) is 0. The number of pyridine rings is 1. The number of fused-ring (bicyclic) bond motifs is 4. The van der Waals surface area contributed by atoms with Crippen molar-refractivity contribution in [3.05, 3.63) is 53.6 Å². The molecule has 0 fully saturated rings. The fraction of sp³-hybridized carbons (Fsp3) is 0.0588. The third kappa shape index (κ3) is 1.74. The van der Waals surface area contributed by atoms with Crippen LogP contribution in [0.15, 0.2) is 48.5 Å². The highest BCUT2D eigenvalue weighted by Crippen LogP contribution is 2.30. The Kier molecular flexibility index (Phi) is 2.53. The molecule has 0 aliphatic carbocycles. The van der Waals surface area contributed by atoms with Gasteiger partial charge in [0.15, 0.2) is 0 Å². The smallest absolute Gasteiger partial charge is 0.228 e. The lowest BCUT2D eigenvalue weighted by atomic mass is 10.2. The number of carbonyl (C=O) groups is 1. The Balaban J connectivity index is 2.28. The summed E-state index contributed by atoms with van der Waals surface area (Å²) < 4.78 is 1.71. The second-order valence-electron chi connectivity index (χ2n) is 5.06. The van der Waals surface area contributed by atoms with Gasteiger partial charge in [-0.05, 0) is 24.3 Å². The summed E-state index contributed by atoms with van der Waals surface area (Å²) in [6, 6.07) is 15.4. The number of hydrogen-bond acceptors (Lipinski definition) is 2. The van der Waals surface area contributed by atoms with E-state index in [2.05, 4.69) is 0 Å². The van der Waals surface area contributed by atoms with Gasteiger partial charge in [0.2, 0.25) is 5.91 Å². The lowest BCUT2D eigenvalue weighted by Crippen LogP contribution is -2.04. The average Bonchev–Trinajstić information content (AvgIpc) is 2.78. The van der Waals surface area contributed by atoms with Crippen molar-refractivity contribution < 1.29 is 4.79 Å². The highest BCUT2D eigenvalue weighted by molar-refractivity contribution is 6.31. The van der Waals surface area contributed by atoms with Crippen LogP contribution in [0.4, 0.5) is 0 Å². The fourth-order valence-corrected chi connectivity index (χ4v) is 3.00. The van der Waals surface area contributed by atoms with Gasteiger partial charge in [-0.15, -0.1) is 0 Å². The fourth-order valence-electron chi connectivity index (χ4n) is 2.84. The molecular weight excluding hydrogens is 284 g/mol. The molecule has 0 amide bonds. The SMILES string of the molecule is CC(=O)n1c2ccccc2c2nc3cc(Cl)ccc3cc21. The van der Waals surface area contributed by atoms with E-state index in [1.165, 1.54) is 0 Å². The van der Waals surface area contributed by atoms with Crippen molar-refractivity contribution in [2.75, 3.05) is 0 Å². The van der Waals surface area contributed by atoms with Crippen molar-refractivity contribution in [3.8, 4) is 0 Å². The maximum absolute atomic E-state index is 12.0. The average molecular weight is 295 g/mol. The Hall–Kier alpha value is -2.39. The minimum atomic E-state index is -0.0173. The van der Waals surface area contributed by atoms with Gasteiger partial charge >= 0.3 is 0 Å². The molecule has 3 nitrogen and oxygen atoms in total. The molecule has 102 valence electrons. The summed E-state index contributed by atoms with van der Waals surface area (Å²) in [5, 5.41) is 2.60. The van der Waals surface area contributed by atoms with Crippen LogP contribution in [0.5, 0.6) is 0 Å². The predicted octanol–water partition coefficient (Wildman–Crippen LogP) is 4.66. The Morgan fingerprint density at radius 3 is 2.71 bits per heavy atom. The van der Waals surface area contributed by atoms with Gasteiger partial charge in [-0.1, -0.05) is 35.9 Å². The van der Waals surface area contributed by atoms with E-state index in [9.17, 15) is 4.79 Å². The van der Waals surface area contributed by atoms with E-state index in [4.69, 9.17) is 16.6 Å². The molecule has 4 heteroatoms. The number of para-hydroxylation sites is 1. The Morgan fingerprint density at radius 2 is 1.90 bits per heavy atom. The molecule has 0 atom stereocenters. The Morgan fingerprint density at radius 1 is 1.10 bits per heavy atom.